The Kier molecular flexibility index (Phi) is 8.76. The van der Waals surface area contributed by atoms with Crippen molar-refractivity contribution in [1.29, 1.82) is 10.5 Å². The molecule has 1 aromatic carbocycles. The Balaban J connectivity index is 0. The van der Waals surface area contributed by atoms with Crippen molar-refractivity contribution in [3.05, 3.63) is 34.9 Å². The molecule has 8 heteroatoms. The van der Waals surface area contributed by atoms with Crippen molar-refractivity contribution in [3.8, 4) is 12.5 Å². The van der Waals surface area contributed by atoms with Gasteiger partial charge in [0.25, 0.3) is 12.5 Å². The zero-order chi connectivity index (χ0) is 14.0. The molecule has 0 aromatic heterocycles. The van der Waals surface area contributed by atoms with E-state index >= 15 is 0 Å². The molecule has 1 aromatic rings. The molecular formula is C9H6F4N2O2. The Morgan fingerprint density at radius 3 is 1.41 bits per heavy atom. The van der Waals surface area contributed by atoms with E-state index in [-0.39, 0.29) is 6.07 Å². The molecule has 0 unspecified atom stereocenters. The lowest BCUT2D eigenvalue weighted by Gasteiger charge is -1.99. The van der Waals surface area contributed by atoms with Crippen LogP contribution in [0.4, 0.5) is 17.6 Å². The number of rotatable bonds is 0. The lowest BCUT2D eigenvalue weighted by atomic mass is 10.2. The molecule has 0 saturated heterocycles. The van der Waals surface area contributed by atoms with Gasteiger partial charge in [-0.2, -0.15) is 10.5 Å². The predicted molar refractivity (Wildman–Crippen MR) is 46.1 cm³/mol. The maximum atomic E-state index is 12.4. The average molecular weight is 250 g/mol. The summed E-state index contributed by atoms with van der Waals surface area (Å²) in [5.74, 6) is -5.43. The van der Waals surface area contributed by atoms with Crippen LogP contribution in [0.3, 0.4) is 0 Å². The van der Waals surface area contributed by atoms with E-state index in [4.69, 9.17) is 20.7 Å². The second kappa shape index (κ2) is 8.80. The molecule has 0 aliphatic rings. The van der Waals surface area contributed by atoms with Gasteiger partial charge in [0, 0.05) is 11.6 Å². The summed E-state index contributed by atoms with van der Waals surface area (Å²) >= 11 is 0. The molecule has 0 saturated carbocycles. The lowest BCUT2D eigenvalue weighted by molar-refractivity contribution is 0.445. The summed E-state index contributed by atoms with van der Waals surface area (Å²) in [5.41, 5.74) is -0.637. The first-order valence-corrected chi connectivity index (χ1v) is 3.73. The van der Waals surface area contributed by atoms with Crippen LogP contribution in [0.25, 0.3) is 0 Å². The van der Waals surface area contributed by atoms with Crippen LogP contribution in [0, 0.1) is 53.2 Å². The molecule has 92 valence electrons. The van der Waals surface area contributed by atoms with Crippen LogP contribution < -0.4 is 0 Å². The highest BCUT2D eigenvalue weighted by Crippen LogP contribution is 2.17. The summed E-state index contributed by atoms with van der Waals surface area (Å²) in [5, 5.41) is 27.5. The van der Waals surface area contributed by atoms with Gasteiger partial charge in [-0.15, -0.1) is 0 Å². The minimum Gasteiger partial charge on any atom is -0.443 e. The normalized spacial score (nSPS) is 7.47. The monoisotopic (exact) mass is 250 g/mol. The third kappa shape index (κ3) is 5.85. The molecule has 0 spiro atoms. The summed E-state index contributed by atoms with van der Waals surface area (Å²) < 4.78 is 49.3. The molecule has 0 bridgehead atoms. The largest absolute Gasteiger partial charge is 0.443 e. The number of nitrogens with zero attached hydrogens (tertiary/aromatic N) is 2. The van der Waals surface area contributed by atoms with Crippen molar-refractivity contribution < 1.29 is 27.8 Å². The molecule has 0 aliphatic carbocycles. The Morgan fingerprint density at radius 2 is 1.18 bits per heavy atom. The van der Waals surface area contributed by atoms with Crippen molar-refractivity contribution in [2.45, 2.75) is 6.92 Å². The number of aliphatic hydroxyl groups excluding tert-OH is 2. The van der Waals surface area contributed by atoms with E-state index in [0.29, 0.717) is 0 Å². The van der Waals surface area contributed by atoms with E-state index in [2.05, 4.69) is 0 Å². The van der Waals surface area contributed by atoms with Crippen LogP contribution in [0.15, 0.2) is 6.07 Å². The maximum absolute atomic E-state index is 12.4. The quantitative estimate of drug-likeness (QED) is 0.420. The molecule has 0 heterocycles. The van der Waals surface area contributed by atoms with E-state index in [1.54, 1.807) is 0 Å². The van der Waals surface area contributed by atoms with E-state index in [1.165, 1.54) is 0 Å². The van der Waals surface area contributed by atoms with Gasteiger partial charge in [-0.25, -0.2) is 17.6 Å². The topological polar surface area (TPSA) is 88.0 Å². The molecule has 2 N–H and O–H groups in total. The smallest absolute Gasteiger partial charge is 0.283 e. The highest BCUT2D eigenvalue weighted by atomic mass is 19.2. The van der Waals surface area contributed by atoms with E-state index in [1.807, 2.05) is 0 Å². The fourth-order valence-electron chi connectivity index (χ4n) is 0.693. The van der Waals surface area contributed by atoms with Gasteiger partial charge >= 0.3 is 0 Å². The van der Waals surface area contributed by atoms with E-state index in [9.17, 15) is 17.6 Å². The van der Waals surface area contributed by atoms with Gasteiger partial charge in [0.1, 0.15) is 0 Å². The Hall–Kier alpha value is -2.48. The van der Waals surface area contributed by atoms with E-state index < -0.39 is 28.8 Å². The van der Waals surface area contributed by atoms with Gasteiger partial charge in [-0.05, 0) is 6.92 Å². The fourth-order valence-corrected chi connectivity index (χ4v) is 0.693. The summed E-state index contributed by atoms with van der Waals surface area (Å²) in [7, 11) is 0. The molecule has 0 radical (unpaired) electrons. The van der Waals surface area contributed by atoms with Crippen LogP contribution >= 0.6 is 0 Å². The van der Waals surface area contributed by atoms with Crippen LogP contribution in [0.5, 0.6) is 0 Å². The molecule has 0 fully saturated rings. The average Bonchev–Trinajstić information content (AvgIpc) is 2.26. The molecule has 4 nitrogen and oxygen atoms in total. The van der Waals surface area contributed by atoms with Crippen LogP contribution in [0.2, 0.25) is 0 Å². The number of benzene rings is 1. The van der Waals surface area contributed by atoms with Crippen LogP contribution in [0.1, 0.15) is 5.56 Å². The van der Waals surface area contributed by atoms with Crippen molar-refractivity contribution >= 4 is 0 Å². The highest BCUT2D eigenvalue weighted by molar-refractivity contribution is 5.20. The van der Waals surface area contributed by atoms with Crippen molar-refractivity contribution in [2.75, 3.05) is 0 Å². The van der Waals surface area contributed by atoms with Crippen LogP contribution in [-0.2, 0) is 0 Å². The van der Waals surface area contributed by atoms with Gasteiger partial charge in [0.15, 0.2) is 23.3 Å². The number of halogens is 4. The van der Waals surface area contributed by atoms with Gasteiger partial charge in [-0.3, -0.25) is 0 Å². The summed E-state index contributed by atoms with van der Waals surface area (Å²) in [6.45, 7) is 0.969. The first-order chi connectivity index (χ1) is 7.87. The molecule has 17 heavy (non-hydrogen) atoms. The second-order valence-corrected chi connectivity index (χ2v) is 2.29. The van der Waals surface area contributed by atoms with Crippen LogP contribution in [-0.4, -0.2) is 10.2 Å². The van der Waals surface area contributed by atoms with Gasteiger partial charge in [0.05, 0.1) is 0 Å². The Bertz CT molecular complexity index is 414. The molecule has 1 rings (SSSR count). The Labute approximate surface area is 93.6 Å². The molecule has 0 amide bonds. The number of nitriles is 2. The van der Waals surface area contributed by atoms with Gasteiger partial charge in [0.2, 0.25) is 0 Å². The predicted octanol–water partition coefficient (Wildman–Crippen LogP) is 2.23. The first kappa shape index (κ1) is 16.9. The number of aliphatic hydroxyl groups is 2. The minimum atomic E-state index is -1.37. The SMILES string of the molecule is Cc1c(F)c(F)cc(F)c1F.N#CO.N#CO. The lowest BCUT2D eigenvalue weighted by Crippen LogP contribution is -1.97. The molecule has 0 atom stereocenters. The minimum absolute atomic E-state index is 0.178. The third-order valence-corrected chi connectivity index (χ3v) is 1.33. The van der Waals surface area contributed by atoms with Crippen molar-refractivity contribution in [2.24, 2.45) is 0 Å². The van der Waals surface area contributed by atoms with Gasteiger partial charge < -0.3 is 10.2 Å². The third-order valence-electron chi connectivity index (χ3n) is 1.33. The summed E-state index contributed by atoms with van der Waals surface area (Å²) in [6, 6.07) is 0.178. The zero-order valence-corrected chi connectivity index (χ0v) is 8.38. The first-order valence-electron chi connectivity index (χ1n) is 3.73. The Morgan fingerprint density at radius 1 is 0.941 bits per heavy atom. The summed E-state index contributed by atoms with van der Waals surface area (Å²) in [6.07, 6.45) is 1.50. The molecule has 0 aliphatic heterocycles. The maximum Gasteiger partial charge on any atom is 0.283 e. The second-order valence-electron chi connectivity index (χ2n) is 2.29. The van der Waals surface area contributed by atoms with Crippen molar-refractivity contribution in [3.63, 3.8) is 0 Å². The fraction of sp³-hybridized carbons (Fsp3) is 0.111. The highest BCUT2D eigenvalue weighted by Gasteiger charge is 2.14. The number of hydrogen-bond donors (Lipinski definition) is 2. The summed E-state index contributed by atoms with van der Waals surface area (Å²) in [4.78, 5) is 0. The standard InChI is InChI=1S/C7H4F4.2CHNO/c1-3-6(10)4(8)2-5(9)7(3)11;2*2-1-3/h2H,1H3;2*3H. The zero-order valence-electron chi connectivity index (χ0n) is 8.38. The molecular weight excluding hydrogens is 244 g/mol. The number of hydrogen-bond acceptors (Lipinski definition) is 4. The van der Waals surface area contributed by atoms with E-state index in [0.717, 1.165) is 19.4 Å². The van der Waals surface area contributed by atoms with Crippen molar-refractivity contribution in [1.82, 2.24) is 0 Å². The van der Waals surface area contributed by atoms with Gasteiger partial charge in [-0.1, -0.05) is 0 Å².